The van der Waals surface area contributed by atoms with Gasteiger partial charge in [-0.25, -0.2) is 13.2 Å². The Morgan fingerprint density at radius 2 is 1.47 bits per heavy atom. The zero-order valence-electron chi connectivity index (χ0n) is 20.7. The van der Waals surface area contributed by atoms with E-state index in [9.17, 15) is 13.2 Å². The fourth-order valence-electron chi connectivity index (χ4n) is 4.64. The van der Waals surface area contributed by atoms with Crippen LogP contribution in [0.5, 0.6) is 0 Å². The first kappa shape index (κ1) is 26.2. The molecule has 0 unspecified atom stereocenters. The molecule has 1 fully saturated rings. The fourth-order valence-corrected chi connectivity index (χ4v) is 4.64. The normalized spacial score (nSPS) is 17.8. The van der Waals surface area contributed by atoms with Crippen molar-refractivity contribution < 1.29 is 22.6 Å². The molecule has 1 aliphatic heterocycles. The zero-order valence-corrected chi connectivity index (χ0v) is 20.7. The SMILES string of the molecule is C=CC1OCC(c2ccc(-c3ccc(-c4ccc(CCCCCCC)c(F)c4F)cc3)cc2F)CO1. The van der Waals surface area contributed by atoms with Gasteiger partial charge in [0.1, 0.15) is 5.82 Å². The van der Waals surface area contributed by atoms with Crippen LogP contribution in [0.15, 0.2) is 67.3 Å². The van der Waals surface area contributed by atoms with Crippen LogP contribution in [-0.4, -0.2) is 19.5 Å². The average Bonchev–Trinajstić information content (AvgIpc) is 2.91. The summed E-state index contributed by atoms with van der Waals surface area (Å²) in [6, 6.07) is 15.5. The van der Waals surface area contributed by atoms with E-state index in [1.165, 1.54) is 12.5 Å². The molecule has 4 rings (SSSR count). The molecule has 1 saturated heterocycles. The first-order chi connectivity index (χ1) is 17.5. The summed E-state index contributed by atoms with van der Waals surface area (Å²) in [5.74, 6) is -2.10. The van der Waals surface area contributed by atoms with E-state index < -0.39 is 17.9 Å². The smallest absolute Gasteiger partial charge is 0.176 e. The molecule has 36 heavy (non-hydrogen) atoms. The van der Waals surface area contributed by atoms with Crippen LogP contribution in [-0.2, 0) is 15.9 Å². The second-order valence-electron chi connectivity index (χ2n) is 9.35. The first-order valence-corrected chi connectivity index (χ1v) is 12.7. The summed E-state index contributed by atoms with van der Waals surface area (Å²) in [7, 11) is 0. The summed E-state index contributed by atoms with van der Waals surface area (Å²) < 4.78 is 55.5. The number of hydrogen-bond acceptors (Lipinski definition) is 2. The standard InChI is InChI=1S/C31H33F3O2/c1-3-5-6-7-8-9-23-14-17-27(31(34)30(23)33)22-12-10-21(11-13-22)24-15-16-26(28(32)18-24)25-19-35-29(4-2)36-20-25/h4,10-18,25,29H,2-3,5-9,19-20H2,1H3. The maximum absolute atomic E-state index is 14.9. The van der Waals surface area contributed by atoms with Crippen molar-refractivity contribution in [3.63, 3.8) is 0 Å². The molecule has 3 aromatic carbocycles. The lowest BCUT2D eigenvalue weighted by molar-refractivity contribution is -0.159. The monoisotopic (exact) mass is 494 g/mol. The molecular formula is C31H33F3O2. The minimum absolute atomic E-state index is 0.185. The molecular weight excluding hydrogens is 461 g/mol. The van der Waals surface area contributed by atoms with Crippen LogP contribution in [0.4, 0.5) is 13.2 Å². The highest BCUT2D eigenvalue weighted by Gasteiger charge is 2.24. The Labute approximate surface area is 211 Å². The van der Waals surface area contributed by atoms with E-state index in [4.69, 9.17) is 9.47 Å². The number of rotatable bonds is 10. The number of aryl methyl sites for hydroxylation is 1. The number of halogens is 3. The molecule has 3 aromatic rings. The Morgan fingerprint density at radius 1 is 0.806 bits per heavy atom. The summed E-state index contributed by atoms with van der Waals surface area (Å²) in [6.45, 7) is 6.51. The van der Waals surface area contributed by atoms with Crippen LogP contribution >= 0.6 is 0 Å². The van der Waals surface area contributed by atoms with Crippen molar-refractivity contribution in [2.75, 3.05) is 13.2 Å². The van der Waals surface area contributed by atoms with Crippen molar-refractivity contribution in [2.24, 2.45) is 0 Å². The Morgan fingerprint density at radius 3 is 2.14 bits per heavy atom. The van der Waals surface area contributed by atoms with Gasteiger partial charge in [-0.05, 0) is 52.8 Å². The van der Waals surface area contributed by atoms with Crippen LogP contribution < -0.4 is 0 Å². The van der Waals surface area contributed by atoms with E-state index in [2.05, 4.69) is 13.5 Å². The van der Waals surface area contributed by atoms with E-state index in [0.29, 0.717) is 41.9 Å². The van der Waals surface area contributed by atoms with Gasteiger partial charge in [-0.3, -0.25) is 0 Å². The minimum Gasteiger partial charge on any atom is -0.348 e. The predicted molar refractivity (Wildman–Crippen MR) is 138 cm³/mol. The second kappa shape index (κ2) is 12.4. The third-order valence-electron chi connectivity index (χ3n) is 6.80. The summed E-state index contributed by atoms with van der Waals surface area (Å²) in [6.07, 6.45) is 6.99. The van der Waals surface area contributed by atoms with Gasteiger partial charge in [0.25, 0.3) is 0 Å². The van der Waals surface area contributed by atoms with Gasteiger partial charge in [-0.15, -0.1) is 0 Å². The Hall–Kier alpha value is -2.89. The number of unbranched alkanes of at least 4 members (excludes halogenated alkanes) is 4. The van der Waals surface area contributed by atoms with Gasteiger partial charge >= 0.3 is 0 Å². The number of hydrogen-bond donors (Lipinski definition) is 0. The highest BCUT2D eigenvalue weighted by molar-refractivity contribution is 5.71. The Kier molecular flexibility index (Phi) is 9.00. The van der Waals surface area contributed by atoms with Crippen molar-refractivity contribution in [1.82, 2.24) is 0 Å². The molecule has 0 radical (unpaired) electrons. The molecule has 0 aromatic heterocycles. The third-order valence-corrected chi connectivity index (χ3v) is 6.80. The molecule has 0 saturated carbocycles. The highest BCUT2D eigenvalue weighted by atomic mass is 19.2. The van der Waals surface area contributed by atoms with Crippen LogP contribution in [0, 0.1) is 17.5 Å². The molecule has 0 N–H and O–H groups in total. The van der Waals surface area contributed by atoms with Crippen LogP contribution in [0.3, 0.4) is 0 Å². The summed E-state index contributed by atoms with van der Waals surface area (Å²) in [5.41, 5.74) is 3.26. The van der Waals surface area contributed by atoms with E-state index in [1.54, 1.807) is 48.5 Å². The van der Waals surface area contributed by atoms with Gasteiger partial charge in [0.05, 0.1) is 13.2 Å². The summed E-state index contributed by atoms with van der Waals surface area (Å²) >= 11 is 0. The van der Waals surface area contributed by atoms with E-state index in [1.807, 2.05) is 6.07 Å². The molecule has 1 aliphatic rings. The molecule has 0 bridgehead atoms. The average molecular weight is 495 g/mol. The molecule has 0 atom stereocenters. The fraction of sp³-hybridized carbons (Fsp3) is 0.355. The van der Waals surface area contributed by atoms with Crippen molar-refractivity contribution in [1.29, 1.82) is 0 Å². The molecule has 1 heterocycles. The number of benzene rings is 3. The Balaban J connectivity index is 1.45. The molecule has 2 nitrogen and oxygen atoms in total. The molecule has 0 aliphatic carbocycles. The maximum Gasteiger partial charge on any atom is 0.176 e. The minimum atomic E-state index is -0.820. The quantitative estimate of drug-likeness (QED) is 0.208. The number of ether oxygens (including phenoxy) is 2. The maximum atomic E-state index is 14.9. The van der Waals surface area contributed by atoms with Gasteiger partial charge in [-0.2, -0.15) is 0 Å². The molecule has 0 amide bonds. The van der Waals surface area contributed by atoms with Crippen LogP contribution in [0.1, 0.15) is 56.1 Å². The Bertz CT molecular complexity index is 1170. The lowest BCUT2D eigenvalue weighted by Gasteiger charge is -2.28. The second-order valence-corrected chi connectivity index (χ2v) is 9.35. The zero-order chi connectivity index (χ0) is 25.5. The summed E-state index contributed by atoms with van der Waals surface area (Å²) in [5, 5.41) is 0. The van der Waals surface area contributed by atoms with Gasteiger partial charge in [-0.1, -0.05) is 87.7 Å². The van der Waals surface area contributed by atoms with Crippen molar-refractivity contribution >= 4 is 0 Å². The largest absolute Gasteiger partial charge is 0.348 e. The molecule has 0 spiro atoms. The molecule has 190 valence electrons. The van der Waals surface area contributed by atoms with E-state index in [0.717, 1.165) is 31.2 Å². The van der Waals surface area contributed by atoms with Crippen molar-refractivity contribution in [2.45, 2.75) is 57.7 Å². The lowest BCUT2D eigenvalue weighted by atomic mass is 9.94. The highest BCUT2D eigenvalue weighted by Crippen LogP contribution is 2.32. The van der Waals surface area contributed by atoms with Gasteiger partial charge in [0.2, 0.25) is 0 Å². The van der Waals surface area contributed by atoms with Gasteiger partial charge in [0.15, 0.2) is 17.9 Å². The third kappa shape index (κ3) is 6.08. The van der Waals surface area contributed by atoms with Gasteiger partial charge in [0, 0.05) is 11.5 Å². The lowest BCUT2D eigenvalue weighted by Crippen LogP contribution is -2.29. The predicted octanol–water partition coefficient (Wildman–Crippen LogP) is 8.59. The topological polar surface area (TPSA) is 18.5 Å². The molecule has 5 heteroatoms. The first-order valence-electron chi connectivity index (χ1n) is 12.7. The van der Waals surface area contributed by atoms with Crippen LogP contribution in [0.2, 0.25) is 0 Å². The van der Waals surface area contributed by atoms with Crippen LogP contribution in [0.25, 0.3) is 22.3 Å². The van der Waals surface area contributed by atoms with Crippen molar-refractivity contribution in [3.8, 4) is 22.3 Å². The summed E-state index contributed by atoms with van der Waals surface area (Å²) in [4.78, 5) is 0. The van der Waals surface area contributed by atoms with Crippen molar-refractivity contribution in [3.05, 3.63) is 95.8 Å². The van der Waals surface area contributed by atoms with Gasteiger partial charge < -0.3 is 9.47 Å². The van der Waals surface area contributed by atoms with E-state index >= 15 is 0 Å². The van der Waals surface area contributed by atoms with E-state index in [-0.39, 0.29) is 17.3 Å².